The molecular weight excluding hydrogens is 254 g/mol. The van der Waals surface area contributed by atoms with E-state index in [0.717, 1.165) is 6.42 Å². The molecule has 0 aliphatic rings. The van der Waals surface area contributed by atoms with E-state index >= 15 is 0 Å². The van der Waals surface area contributed by atoms with E-state index in [-0.39, 0.29) is 0 Å². The fraction of sp³-hybridized carbons (Fsp3) is 0.650. The minimum Gasteiger partial charge on any atom is -0.292 e. The van der Waals surface area contributed by atoms with Crippen LogP contribution in [0.5, 0.6) is 0 Å². The van der Waals surface area contributed by atoms with E-state index in [1.54, 1.807) is 0 Å². The molecule has 0 unspecified atom stereocenters. The molecule has 0 heterocycles. The van der Waals surface area contributed by atoms with Gasteiger partial charge < -0.3 is 0 Å². The lowest BCUT2D eigenvalue weighted by Crippen LogP contribution is -2.13. The van der Waals surface area contributed by atoms with Gasteiger partial charge in [0.2, 0.25) is 0 Å². The summed E-state index contributed by atoms with van der Waals surface area (Å²) in [6.45, 7) is 19.1. The van der Waals surface area contributed by atoms with Gasteiger partial charge in [-0.15, -0.1) is 0 Å². The summed E-state index contributed by atoms with van der Waals surface area (Å²) in [4.78, 5) is 4.47. The van der Waals surface area contributed by atoms with Crippen molar-refractivity contribution in [2.24, 2.45) is 10.9 Å². The summed E-state index contributed by atoms with van der Waals surface area (Å²) in [6.07, 6.45) is 1.10. The van der Waals surface area contributed by atoms with Crippen molar-refractivity contribution in [1.29, 1.82) is 0 Å². The molecule has 0 N–H and O–H groups in total. The van der Waals surface area contributed by atoms with Crippen LogP contribution in [-0.2, 0) is 6.42 Å². The minimum atomic E-state index is 0.477. The molecule has 0 aliphatic heterocycles. The number of nitrogens with zero attached hydrogens (tertiary/aromatic N) is 1. The molecule has 0 fully saturated rings. The second kappa shape index (κ2) is 12.6. The van der Waals surface area contributed by atoms with Gasteiger partial charge in [0, 0.05) is 12.8 Å². The third-order valence-corrected chi connectivity index (χ3v) is 3.21. The van der Waals surface area contributed by atoms with Crippen LogP contribution >= 0.6 is 0 Å². The van der Waals surface area contributed by atoms with E-state index in [4.69, 9.17) is 0 Å². The van der Waals surface area contributed by atoms with E-state index in [9.17, 15) is 0 Å². The normalized spacial score (nSPS) is 10.8. The molecule has 0 aliphatic carbocycles. The SMILES string of the molecule is CC.CC.CCc1ccc(C(=NC)C(C)C)c(C(C)C)c1. The van der Waals surface area contributed by atoms with Gasteiger partial charge in [-0.1, -0.05) is 80.5 Å². The van der Waals surface area contributed by atoms with Crippen LogP contribution < -0.4 is 0 Å². The Balaban J connectivity index is 0. The Labute approximate surface area is 133 Å². The van der Waals surface area contributed by atoms with Crippen LogP contribution in [0.15, 0.2) is 23.2 Å². The maximum absolute atomic E-state index is 4.47. The Morgan fingerprint density at radius 1 is 1.00 bits per heavy atom. The zero-order valence-electron chi connectivity index (χ0n) is 16.0. The van der Waals surface area contributed by atoms with Crippen molar-refractivity contribution in [1.82, 2.24) is 0 Å². The van der Waals surface area contributed by atoms with Crippen molar-refractivity contribution in [3.8, 4) is 0 Å². The molecule has 0 amide bonds. The Kier molecular flexibility index (Phi) is 13.3. The highest BCUT2D eigenvalue weighted by molar-refractivity contribution is 6.03. The summed E-state index contributed by atoms with van der Waals surface area (Å²) >= 11 is 0. The summed E-state index contributed by atoms with van der Waals surface area (Å²) in [7, 11) is 1.90. The standard InChI is InChI=1S/C16H25N.2C2H6/c1-7-13-8-9-14(15(10-13)11(2)3)16(17-6)12(4)5;2*1-2/h8-12H,7H2,1-6H3;2*1-2H3. The zero-order chi connectivity index (χ0) is 17.0. The lowest BCUT2D eigenvalue weighted by Gasteiger charge is -2.18. The zero-order valence-corrected chi connectivity index (χ0v) is 16.0. The Hall–Kier alpha value is -1.11. The molecular formula is C20H37N. The number of rotatable bonds is 4. The Morgan fingerprint density at radius 3 is 1.86 bits per heavy atom. The first-order chi connectivity index (χ1) is 10.0. The molecule has 0 bridgehead atoms. The molecule has 1 aromatic carbocycles. The lowest BCUT2D eigenvalue weighted by molar-refractivity contribution is 0.842. The third-order valence-electron chi connectivity index (χ3n) is 3.21. The topological polar surface area (TPSA) is 12.4 Å². The van der Waals surface area contributed by atoms with Crippen LogP contribution in [0, 0.1) is 5.92 Å². The van der Waals surface area contributed by atoms with Gasteiger partial charge >= 0.3 is 0 Å². The lowest BCUT2D eigenvalue weighted by atomic mass is 9.88. The van der Waals surface area contributed by atoms with Crippen LogP contribution in [0.2, 0.25) is 0 Å². The fourth-order valence-corrected chi connectivity index (χ4v) is 2.23. The van der Waals surface area contributed by atoms with Crippen LogP contribution in [0.3, 0.4) is 0 Å². The van der Waals surface area contributed by atoms with E-state index in [1.807, 2.05) is 34.7 Å². The molecule has 1 heteroatoms. The van der Waals surface area contributed by atoms with Gasteiger partial charge in [-0.05, 0) is 34.9 Å². The number of aliphatic imine (C=N–C) groups is 1. The maximum atomic E-state index is 4.47. The molecule has 0 spiro atoms. The monoisotopic (exact) mass is 291 g/mol. The summed E-state index contributed by atoms with van der Waals surface area (Å²) in [6, 6.07) is 6.82. The predicted octanol–water partition coefficient (Wildman–Crippen LogP) is 6.50. The van der Waals surface area contributed by atoms with E-state index in [2.05, 4.69) is 57.8 Å². The van der Waals surface area contributed by atoms with Crippen molar-refractivity contribution in [2.45, 2.75) is 74.7 Å². The second-order valence-corrected chi connectivity index (χ2v) is 5.19. The largest absolute Gasteiger partial charge is 0.292 e. The van der Waals surface area contributed by atoms with Gasteiger partial charge in [0.05, 0.1) is 0 Å². The molecule has 1 nitrogen and oxygen atoms in total. The molecule has 1 rings (SSSR count). The van der Waals surface area contributed by atoms with Crippen molar-refractivity contribution in [2.75, 3.05) is 7.05 Å². The van der Waals surface area contributed by atoms with Gasteiger partial charge in [-0.3, -0.25) is 4.99 Å². The van der Waals surface area contributed by atoms with Crippen LogP contribution in [0.25, 0.3) is 0 Å². The third kappa shape index (κ3) is 6.93. The van der Waals surface area contributed by atoms with Crippen LogP contribution in [0.4, 0.5) is 0 Å². The second-order valence-electron chi connectivity index (χ2n) is 5.19. The average Bonchev–Trinajstić information content (AvgIpc) is 2.51. The predicted molar refractivity (Wildman–Crippen MR) is 99.9 cm³/mol. The smallest absolute Gasteiger partial charge is 0.0445 e. The quantitative estimate of drug-likeness (QED) is 0.561. The number of hydrogen-bond acceptors (Lipinski definition) is 1. The van der Waals surface area contributed by atoms with Crippen molar-refractivity contribution in [3.05, 3.63) is 34.9 Å². The summed E-state index contributed by atoms with van der Waals surface area (Å²) in [5, 5.41) is 0. The van der Waals surface area contributed by atoms with Crippen molar-refractivity contribution in [3.63, 3.8) is 0 Å². The average molecular weight is 292 g/mol. The van der Waals surface area contributed by atoms with E-state index in [0.29, 0.717) is 11.8 Å². The highest BCUT2D eigenvalue weighted by Crippen LogP contribution is 2.24. The van der Waals surface area contributed by atoms with Gasteiger partial charge in [0.25, 0.3) is 0 Å². The number of aryl methyl sites for hydroxylation is 1. The molecule has 122 valence electrons. The van der Waals surface area contributed by atoms with Gasteiger partial charge in [0.15, 0.2) is 0 Å². The van der Waals surface area contributed by atoms with Crippen molar-refractivity contribution < 1.29 is 0 Å². The first-order valence-electron chi connectivity index (χ1n) is 8.61. The first kappa shape index (κ1) is 22.2. The molecule has 0 radical (unpaired) electrons. The molecule has 1 aromatic rings. The van der Waals surface area contributed by atoms with Crippen molar-refractivity contribution >= 4 is 5.71 Å². The minimum absolute atomic E-state index is 0.477. The summed E-state index contributed by atoms with van der Waals surface area (Å²) in [5.41, 5.74) is 5.39. The summed E-state index contributed by atoms with van der Waals surface area (Å²) < 4.78 is 0. The maximum Gasteiger partial charge on any atom is 0.0445 e. The Bertz CT molecular complexity index is 400. The van der Waals surface area contributed by atoms with Crippen LogP contribution in [-0.4, -0.2) is 12.8 Å². The number of benzene rings is 1. The van der Waals surface area contributed by atoms with E-state index < -0.39 is 0 Å². The summed E-state index contributed by atoms with van der Waals surface area (Å²) in [5.74, 6) is 1.02. The molecule has 0 saturated heterocycles. The highest BCUT2D eigenvalue weighted by atomic mass is 14.7. The van der Waals surface area contributed by atoms with E-state index in [1.165, 1.54) is 22.4 Å². The molecule has 21 heavy (non-hydrogen) atoms. The van der Waals surface area contributed by atoms with Gasteiger partial charge in [0.1, 0.15) is 0 Å². The Morgan fingerprint density at radius 2 is 1.52 bits per heavy atom. The van der Waals surface area contributed by atoms with Gasteiger partial charge in [-0.25, -0.2) is 0 Å². The van der Waals surface area contributed by atoms with Gasteiger partial charge in [-0.2, -0.15) is 0 Å². The first-order valence-corrected chi connectivity index (χ1v) is 8.61. The highest BCUT2D eigenvalue weighted by Gasteiger charge is 2.14. The molecule has 0 atom stereocenters. The fourth-order valence-electron chi connectivity index (χ4n) is 2.23. The molecule has 0 aromatic heterocycles. The van der Waals surface area contributed by atoms with Crippen LogP contribution in [0.1, 0.15) is 84.9 Å². The molecule has 0 saturated carbocycles. The number of hydrogen-bond donors (Lipinski definition) is 0.